The summed E-state index contributed by atoms with van der Waals surface area (Å²) >= 11 is 7.59. The molecule has 0 amide bonds. The van der Waals surface area contributed by atoms with E-state index in [-0.39, 0.29) is 0 Å². The Morgan fingerprint density at radius 3 is 3.05 bits per heavy atom. The molecule has 0 saturated carbocycles. The van der Waals surface area contributed by atoms with E-state index < -0.39 is 0 Å². The molecule has 1 N–H and O–H groups in total. The molecule has 0 aliphatic heterocycles. The van der Waals surface area contributed by atoms with Crippen molar-refractivity contribution in [3.05, 3.63) is 52.8 Å². The third-order valence-electron chi connectivity index (χ3n) is 2.92. The van der Waals surface area contributed by atoms with Gasteiger partial charge in [0, 0.05) is 24.0 Å². The molecule has 0 fully saturated rings. The Morgan fingerprint density at radius 2 is 2.21 bits per heavy atom. The molecule has 0 spiro atoms. The normalized spacial score (nSPS) is 10.8. The van der Waals surface area contributed by atoms with Crippen molar-refractivity contribution in [1.29, 1.82) is 0 Å². The van der Waals surface area contributed by atoms with Crippen LogP contribution in [-0.4, -0.2) is 9.97 Å². The minimum atomic E-state index is 0.717. The number of thiazole rings is 1. The van der Waals surface area contributed by atoms with Crippen LogP contribution in [0.1, 0.15) is 11.1 Å². The molecular formula is C14H12ClN3S. The van der Waals surface area contributed by atoms with Crippen molar-refractivity contribution < 1.29 is 0 Å². The second kappa shape index (κ2) is 5.15. The minimum Gasteiger partial charge on any atom is -0.357 e. The molecule has 0 unspecified atom stereocenters. The lowest BCUT2D eigenvalue weighted by atomic mass is 10.2. The number of hydrogen-bond donors (Lipinski definition) is 1. The van der Waals surface area contributed by atoms with E-state index in [9.17, 15) is 0 Å². The number of halogens is 1. The molecule has 0 atom stereocenters. The lowest BCUT2D eigenvalue weighted by molar-refractivity contribution is 1.09. The predicted molar refractivity (Wildman–Crippen MR) is 80.9 cm³/mol. The Bertz CT molecular complexity index is 724. The standard InChI is InChI=1S/C14H12ClN3S/c1-9-7-16-5-4-10(9)8-17-14-18-12-6-11(15)2-3-13(12)19-14/h2-7H,8H2,1H3,(H,17,18). The van der Waals surface area contributed by atoms with E-state index in [1.54, 1.807) is 11.3 Å². The highest BCUT2D eigenvalue weighted by atomic mass is 35.5. The maximum absolute atomic E-state index is 5.96. The first kappa shape index (κ1) is 12.4. The van der Waals surface area contributed by atoms with Crippen molar-refractivity contribution in [3.8, 4) is 0 Å². The van der Waals surface area contributed by atoms with Crippen molar-refractivity contribution in [2.24, 2.45) is 0 Å². The Kier molecular flexibility index (Phi) is 3.36. The Hall–Kier alpha value is -1.65. The van der Waals surface area contributed by atoms with E-state index in [0.717, 1.165) is 21.9 Å². The van der Waals surface area contributed by atoms with Crippen LogP contribution in [0.4, 0.5) is 5.13 Å². The monoisotopic (exact) mass is 289 g/mol. The SMILES string of the molecule is Cc1cnccc1CNc1nc2cc(Cl)ccc2s1. The van der Waals surface area contributed by atoms with Crippen molar-refractivity contribution in [1.82, 2.24) is 9.97 Å². The van der Waals surface area contributed by atoms with Crippen LogP contribution in [0, 0.1) is 6.92 Å². The van der Waals surface area contributed by atoms with E-state index in [4.69, 9.17) is 11.6 Å². The molecule has 19 heavy (non-hydrogen) atoms. The molecule has 2 heterocycles. The molecule has 2 aromatic heterocycles. The number of pyridine rings is 1. The fraction of sp³-hybridized carbons (Fsp3) is 0.143. The summed E-state index contributed by atoms with van der Waals surface area (Å²) in [7, 11) is 0. The zero-order valence-corrected chi connectivity index (χ0v) is 11.9. The summed E-state index contributed by atoms with van der Waals surface area (Å²) < 4.78 is 1.14. The van der Waals surface area contributed by atoms with E-state index in [1.807, 2.05) is 36.7 Å². The molecule has 3 rings (SSSR count). The number of fused-ring (bicyclic) bond motifs is 1. The Morgan fingerprint density at radius 1 is 1.32 bits per heavy atom. The van der Waals surface area contributed by atoms with Gasteiger partial charge in [-0.3, -0.25) is 4.98 Å². The maximum Gasteiger partial charge on any atom is 0.184 e. The van der Waals surface area contributed by atoms with Crippen LogP contribution >= 0.6 is 22.9 Å². The average Bonchev–Trinajstić information content (AvgIpc) is 2.79. The third kappa shape index (κ3) is 2.69. The van der Waals surface area contributed by atoms with E-state index in [2.05, 4.69) is 22.2 Å². The van der Waals surface area contributed by atoms with Gasteiger partial charge in [-0.1, -0.05) is 22.9 Å². The smallest absolute Gasteiger partial charge is 0.184 e. The predicted octanol–water partition coefficient (Wildman–Crippen LogP) is 4.27. The van der Waals surface area contributed by atoms with Gasteiger partial charge in [-0.05, 0) is 42.3 Å². The number of aromatic nitrogens is 2. The van der Waals surface area contributed by atoms with Gasteiger partial charge >= 0.3 is 0 Å². The molecule has 3 nitrogen and oxygen atoms in total. The van der Waals surface area contributed by atoms with Gasteiger partial charge in [-0.25, -0.2) is 4.98 Å². The zero-order valence-electron chi connectivity index (χ0n) is 10.4. The van der Waals surface area contributed by atoms with Crippen LogP contribution in [0.2, 0.25) is 5.02 Å². The summed E-state index contributed by atoms with van der Waals surface area (Å²) in [6.07, 6.45) is 3.68. The minimum absolute atomic E-state index is 0.717. The Labute approximate surface area is 120 Å². The molecule has 0 aliphatic carbocycles. The fourth-order valence-corrected chi connectivity index (χ4v) is 2.86. The topological polar surface area (TPSA) is 37.8 Å². The van der Waals surface area contributed by atoms with Crippen LogP contribution in [0.25, 0.3) is 10.2 Å². The van der Waals surface area contributed by atoms with E-state index in [0.29, 0.717) is 5.02 Å². The summed E-state index contributed by atoms with van der Waals surface area (Å²) in [6.45, 7) is 2.81. The third-order valence-corrected chi connectivity index (χ3v) is 4.15. The molecule has 96 valence electrons. The Balaban J connectivity index is 1.80. The number of nitrogens with zero attached hydrogens (tertiary/aromatic N) is 2. The van der Waals surface area contributed by atoms with Crippen molar-refractivity contribution in [3.63, 3.8) is 0 Å². The van der Waals surface area contributed by atoms with Gasteiger partial charge in [0.25, 0.3) is 0 Å². The molecule has 5 heteroatoms. The summed E-state index contributed by atoms with van der Waals surface area (Å²) in [5.41, 5.74) is 3.35. The van der Waals surface area contributed by atoms with Gasteiger partial charge in [0.05, 0.1) is 10.2 Å². The maximum atomic E-state index is 5.96. The fourth-order valence-electron chi connectivity index (χ4n) is 1.85. The van der Waals surface area contributed by atoms with Gasteiger partial charge < -0.3 is 5.32 Å². The number of anilines is 1. The molecule has 0 saturated heterocycles. The van der Waals surface area contributed by atoms with Crippen molar-refractivity contribution in [2.75, 3.05) is 5.32 Å². The lowest BCUT2D eigenvalue weighted by Crippen LogP contribution is -2.00. The summed E-state index contributed by atoms with van der Waals surface area (Å²) in [4.78, 5) is 8.61. The van der Waals surface area contributed by atoms with E-state index in [1.165, 1.54) is 11.1 Å². The van der Waals surface area contributed by atoms with Crippen LogP contribution in [0.3, 0.4) is 0 Å². The molecule has 3 aromatic rings. The first-order chi connectivity index (χ1) is 9.22. The highest BCUT2D eigenvalue weighted by Crippen LogP contribution is 2.28. The molecule has 0 bridgehead atoms. The average molecular weight is 290 g/mol. The van der Waals surface area contributed by atoms with Gasteiger partial charge in [0.2, 0.25) is 0 Å². The highest BCUT2D eigenvalue weighted by Gasteiger charge is 2.04. The van der Waals surface area contributed by atoms with Crippen molar-refractivity contribution in [2.45, 2.75) is 13.5 Å². The van der Waals surface area contributed by atoms with Gasteiger partial charge in [-0.15, -0.1) is 0 Å². The van der Waals surface area contributed by atoms with Gasteiger partial charge in [0.15, 0.2) is 5.13 Å². The van der Waals surface area contributed by atoms with Gasteiger partial charge in [0.1, 0.15) is 0 Å². The number of aryl methyl sites for hydroxylation is 1. The quantitative estimate of drug-likeness (QED) is 0.782. The molecule has 0 radical (unpaired) electrons. The number of benzene rings is 1. The molecule has 0 aliphatic rings. The van der Waals surface area contributed by atoms with Crippen LogP contribution in [-0.2, 0) is 6.54 Å². The largest absolute Gasteiger partial charge is 0.357 e. The van der Waals surface area contributed by atoms with E-state index >= 15 is 0 Å². The van der Waals surface area contributed by atoms with Crippen molar-refractivity contribution >= 4 is 38.3 Å². The zero-order chi connectivity index (χ0) is 13.2. The summed E-state index contributed by atoms with van der Waals surface area (Å²) in [6, 6.07) is 7.79. The number of rotatable bonds is 3. The second-order valence-corrected chi connectivity index (χ2v) is 5.75. The van der Waals surface area contributed by atoms with Gasteiger partial charge in [-0.2, -0.15) is 0 Å². The summed E-state index contributed by atoms with van der Waals surface area (Å²) in [5.74, 6) is 0. The highest BCUT2D eigenvalue weighted by molar-refractivity contribution is 7.22. The van der Waals surface area contributed by atoms with Crippen LogP contribution in [0.5, 0.6) is 0 Å². The molecular weight excluding hydrogens is 278 g/mol. The first-order valence-corrected chi connectivity index (χ1v) is 7.11. The number of nitrogens with one attached hydrogen (secondary N) is 1. The first-order valence-electron chi connectivity index (χ1n) is 5.92. The molecule has 1 aromatic carbocycles. The second-order valence-electron chi connectivity index (χ2n) is 4.29. The number of hydrogen-bond acceptors (Lipinski definition) is 4. The van der Waals surface area contributed by atoms with Crippen LogP contribution < -0.4 is 5.32 Å². The summed E-state index contributed by atoms with van der Waals surface area (Å²) in [5, 5.41) is 4.97. The lowest BCUT2D eigenvalue weighted by Gasteiger charge is -2.05. The van der Waals surface area contributed by atoms with Crippen LogP contribution in [0.15, 0.2) is 36.7 Å².